The monoisotopic (exact) mass is 232 g/mol. The van der Waals surface area contributed by atoms with Crippen molar-refractivity contribution in [3.63, 3.8) is 0 Å². The van der Waals surface area contributed by atoms with Crippen molar-refractivity contribution in [2.75, 3.05) is 0 Å². The molecule has 0 saturated carbocycles. The third-order valence-electron chi connectivity index (χ3n) is 1.93. The summed E-state index contributed by atoms with van der Waals surface area (Å²) in [4.78, 5) is 22.2. The van der Waals surface area contributed by atoms with Crippen molar-refractivity contribution in [3.05, 3.63) is 41.5 Å². The first-order valence-electron chi connectivity index (χ1n) is 5.37. The second-order valence-electron chi connectivity index (χ2n) is 4.61. The van der Waals surface area contributed by atoms with E-state index in [-0.39, 0.29) is 0 Å². The minimum atomic E-state index is -0.508. The van der Waals surface area contributed by atoms with Crippen LogP contribution in [0.2, 0.25) is 0 Å². The Morgan fingerprint density at radius 1 is 1.18 bits per heavy atom. The predicted molar refractivity (Wildman–Crippen MR) is 66.7 cm³/mol. The summed E-state index contributed by atoms with van der Waals surface area (Å²) in [6.07, 6.45) is 3.67. The van der Waals surface area contributed by atoms with Crippen LogP contribution in [0.3, 0.4) is 0 Å². The highest BCUT2D eigenvalue weighted by atomic mass is 16.6. The van der Waals surface area contributed by atoms with Gasteiger partial charge in [0.1, 0.15) is 5.60 Å². The Morgan fingerprint density at radius 2 is 1.76 bits per heavy atom. The fraction of sp³-hybridized carbons (Fsp3) is 0.286. The lowest BCUT2D eigenvalue weighted by molar-refractivity contribution is -0.148. The number of hydrogen-bond acceptors (Lipinski definition) is 3. The van der Waals surface area contributed by atoms with Crippen molar-refractivity contribution < 1.29 is 14.3 Å². The highest BCUT2D eigenvalue weighted by Gasteiger charge is 2.13. The molecule has 0 aromatic heterocycles. The van der Waals surface area contributed by atoms with Gasteiger partial charge in [0.15, 0.2) is 6.29 Å². The standard InChI is InChI=1S/C14H16O3/c1-14(2,3)17-13(16)9-8-11-6-4-5-7-12(11)10-15/h4-10H,1-3H3. The molecule has 1 rings (SSSR count). The lowest BCUT2D eigenvalue weighted by atomic mass is 10.1. The molecular weight excluding hydrogens is 216 g/mol. The minimum absolute atomic E-state index is 0.418. The van der Waals surface area contributed by atoms with Crippen molar-refractivity contribution >= 4 is 18.3 Å². The van der Waals surface area contributed by atoms with Crippen LogP contribution in [0.15, 0.2) is 30.3 Å². The van der Waals surface area contributed by atoms with Crippen LogP contribution >= 0.6 is 0 Å². The molecule has 0 atom stereocenters. The summed E-state index contributed by atoms with van der Waals surface area (Å²) in [5, 5.41) is 0. The molecule has 0 aliphatic rings. The molecule has 0 N–H and O–H groups in total. The van der Waals surface area contributed by atoms with E-state index in [1.165, 1.54) is 6.08 Å². The van der Waals surface area contributed by atoms with Gasteiger partial charge in [0.2, 0.25) is 0 Å². The summed E-state index contributed by atoms with van der Waals surface area (Å²) in [7, 11) is 0. The first-order valence-corrected chi connectivity index (χ1v) is 5.37. The lowest BCUT2D eigenvalue weighted by Gasteiger charge is -2.17. The number of hydrogen-bond donors (Lipinski definition) is 0. The first-order chi connectivity index (χ1) is 7.92. The van der Waals surface area contributed by atoms with Crippen LogP contribution in [0.5, 0.6) is 0 Å². The minimum Gasteiger partial charge on any atom is -0.457 e. The second-order valence-corrected chi connectivity index (χ2v) is 4.61. The van der Waals surface area contributed by atoms with E-state index < -0.39 is 11.6 Å². The Morgan fingerprint density at radius 3 is 2.29 bits per heavy atom. The van der Waals surface area contributed by atoms with E-state index >= 15 is 0 Å². The summed E-state index contributed by atoms with van der Waals surface area (Å²) in [6, 6.07) is 7.04. The first kappa shape index (κ1) is 13.2. The maximum absolute atomic E-state index is 11.4. The van der Waals surface area contributed by atoms with Crippen molar-refractivity contribution in [3.8, 4) is 0 Å². The van der Waals surface area contributed by atoms with Gasteiger partial charge in [-0.2, -0.15) is 0 Å². The van der Waals surface area contributed by atoms with Crippen LogP contribution in [0.1, 0.15) is 36.7 Å². The molecule has 0 aliphatic heterocycles. The Kier molecular flexibility index (Phi) is 4.21. The molecule has 3 heteroatoms. The van der Waals surface area contributed by atoms with Gasteiger partial charge in [0, 0.05) is 11.6 Å². The Labute approximate surface area is 101 Å². The average Bonchev–Trinajstić information content (AvgIpc) is 2.24. The van der Waals surface area contributed by atoms with Gasteiger partial charge in [0.05, 0.1) is 0 Å². The molecular formula is C14H16O3. The van der Waals surface area contributed by atoms with Gasteiger partial charge in [-0.15, -0.1) is 0 Å². The molecule has 0 spiro atoms. The number of carbonyl (C=O) groups excluding carboxylic acids is 2. The molecule has 0 saturated heterocycles. The lowest BCUT2D eigenvalue weighted by Crippen LogP contribution is -2.22. The zero-order valence-corrected chi connectivity index (χ0v) is 10.3. The quantitative estimate of drug-likeness (QED) is 0.457. The van der Waals surface area contributed by atoms with Gasteiger partial charge in [-0.1, -0.05) is 24.3 Å². The summed E-state index contributed by atoms with van der Waals surface area (Å²) in [5.41, 5.74) is 0.742. The molecule has 0 bridgehead atoms. The smallest absolute Gasteiger partial charge is 0.331 e. The molecule has 0 aliphatic carbocycles. The fourth-order valence-electron chi connectivity index (χ4n) is 1.26. The van der Waals surface area contributed by atoms with E-state index in [4.69, 9.17) is 4.74 Å². The van der Waals surface area contributed by atoms with Gasteiger partial charge in [-0.05, 0) is 32.4 Å². The summed E-state index contributed by atoms with van der Waals surface area (Å²) < 4.78 is 5.12. The van der Waals surface area contributed by atoms with Crippen LogP contribution in [0.4, 0.5) is 0 Å². The molecule has 0 amide bonds. The van der Waals surface area contributed by atoms with E-state index in [0.717, 1.165) is 6.29 Å². The third-order valence-corrected chi connectivity index (χ3v) is 1.93. The van der Waals surface area contributed by atoms with E-state index in [1.807, 2.05) is 6.07 Å². The Balaban J connectivity index is 2.77. The summed E-state index contributed by atoms with van der Waals surface area (Å²) >= 11 is 0. The zero-order valence-electron chi connectivity index (χ0n) is 10.3. The number of aldehydes is 1. The van der Waals surface area contributed by atoms with Gasteiger partial charge >= 0.3 is 5.97 Å². The van der Waals surface area contributed by atoms with Crippen molar-refractivity contribution in [1.82, 2.24) is 0 Å². The molecule has 17 heavy (non-hydrogen) atoms. The molecule has 3 nitrogen and oxygen atoms in total. The number of esters is 1. The Bertz CT molecular complexity index is 439. The van der Waals surface area contributed by atoms with Gasteiger partial charge in [0.25, 0.3) is 0 Å². The van der Waals surface area contributed by atoms with Crippen LogP contribution in [-0.4, -0.2) is 17.9 Å². The van der Waals surface area contributed by atoms with Crippen LogP contribution < -0.4 is 0 Å². The normalized spacial score (nSPS) is 11.5. The summed E-state index contributed by atoms with van der Waals surface area (Å²) in [5.74, 6) is -0.418. The molecule has 1 aromatic carbocycles. The van der Waals surface area contributed by atoms with Gasteiger partial charge < -0.3 is 4.74 Å². The predicted octanol–water partition coefficient (Wildman–Crippen LogP) is 2.85. The van der Waals surface area contributed by atoms with Crippen molar-refractivity contribution in [2.24, 2.45) is 0 Å². The molecule has 0 heterocycles. The number of ether oxygens (including phenoxy) is 1. The zero-order chi connectivity index (χ0) is 12.9. The number of rotatable bonds is 3. The number of carbonyl (C=O) groups is 2. The largest absolute Gasteiger partial charge is 0.457 e. The highest BCUT2D eigenvalue weighted by Crippen LogP contribution is 2.10. The van der Waals surface area contributed by atoms with Crippen LogP contribution in [-0.2, 0) is 9.53 Å². The van der Waals surface area contributed by atoms with E-state index in [9.17, 15) is 9.59 Å². The van der Waals surface area contributed by atoms with E-state index in [1.54, 1.807) is 45.0 Å². The van der Waals surface area contributed by atoms with Gasteiger partial charge in [-0.25, -0.2) is 4.79 Å². The third kappa shape index (κ3) is 4.64. The Hall–Kier alpha value is -1.90. The van der Waals surface area contributed by atoms with Gasteiger partial charge in [-0.3, -0.25) is 4.79 Å². The summed E-state index contributed by atoms with van der Waals surface area (Å²) in [6.45, 7) is 5.41. The maximum atomic E-state index is 11.4. The fourth-order valence-corrected chi connectivity index (χ4v) is 1.26. The SMILES string of the molecule is CC(C)(C)OC(=O)C=Cc1ccccc1C=O. The molecule has 0 unspecified atom stereocenters. The second kappa shape index (κ2) is 5.43. The highest BCUT2D eigenvalue weighted by molar-refractivity contribution is 5.90. The molecule has 90 valence electrons. The molecule has 0 fully saturated rings. The maximum Gasteiger partial charge on any atom is 0.331 e. The van der Waals surface area contributed by atoms with Crippen LogP contribution in [0.25, 0.3) is 6.08 Å². The topological polar surface area (TPSA) is 43.4 Å². The van der Waals surface area contributed by atoms with Crippen molar-refractivity contribution in [2.45, 2.75) is 26.4 Å². The molecule has 1 aromatic rings. The van der Waals surface area contributed by atoms with E-state index in [2.05, 4.69) is 0 Å². The van der Waals surface area contributed by atoms with Crippen molar-refractivity contribution in [1.29, 1.82) is 0 Å². The molecule has 0 radical (unpaired) electrons. The number of benzene rings is 1. The average molecular weight is 232 g/mol. The van der Waals surface area contributed by atoms with Crippen LogP contribution in [0, 0.1) is 0 Å². The van der Waals surface area contributed by atoms with E-state index in [0.29, 0.717) is 11.1 Å².